The van der Waals surface area contributed by atoms with Gasteiger partial charge >= 0.3 is 0 Å². The fourth-order valence-electron chi connectivity index (χ4n) is 10.9. The molecule has 0 bridgehead atoms. The van der Waals surface area contributed by atoms with Crippen LogP contribution in [0.1, 0.15) is 49.9 Å². The molecule has 0 saturated heterocycles. The number of hydrogen-bond donors (Lipinski definition) is 0. The number of para-hydroxylation sites is 1. The van der Waals surface area contributed by atoms with E-state index >= 15 is 0 Å². The minimum Gasteiger partial charge on any atom is -0.350 e. The van der Waals surface area contributed by atoms with Gasteiger partial charge in [-0.05, 0) is 64.2 Å². The predicted octanol–water partition coefficient (Wildman–Crippen LogP) is 15.1. The predicted molar refractivity (Wildman–Crippen MR) is 330 cm³/mol. The summed E-state index contributed by atoms with van der Waals surface area (Å²) in [5.74, 6) is 1.43. The average molecular weight is 1850 g/mol. The van der Waals surface area contributed by atoms with Crippen LogP contribution in [-0.2, 0) is 113 Å². The van der Waals surface area contributed by atoms with Crippen LogP contribution in [0.25, 0.3) is 95.6 Å². The Labute approximate surface area is 563 Å². The van der Waals surface area contributed by atoms with Gasteiger partial charge in [-0.25, -0.2) is 10.2 Å². The second kappa shape index (κ2) is 28.4. The van der Waals surface area contributed by atoms with Gasteiger partial charge in [-0.1, -0.05) is 159 Å². The molecule has 0 atom stereocenters. The van der Waals surface area contributed by atoms with Gasteiger partial charge in [-0.3, -0.25) is 34.3 Å². The van der Waals surface area contributed by atoms with Crippen molar-refractivity contribution in [2.45, 2.75) is 38.5 Å². The van der Waals surface area contributed by atoms with Gasteiger partial charge in [0.1, 0.15) is 12.7 Å². The molecule has 443 valence electrons. The van der Waals surface area contributed by atoms with Crippen molar-refractivity contribution in [3.05, 3.63) is 278 Å². The van der Waals surface area contributed by atoms with Crippen molar-refractivity contribution < 1.29 is 81.4 Å². The molecule has 0 unspecified atom stereocenters. The molecule has 11 nitrogen and oxygen atoms in total. The Bertz CT molecular complexity index is 4260. The zero-order valence-electron chi connectivity index (χ0n) is 48.7. The quantitative estimate of drug-likeness (QED) is 0.146. The molecule has 5 heterocycles. The summed E-state index contributed by atoms with van der Waals surface area (Å²) in [7, 11) is 5.73. The number of pyridine rings is 1. The fraction of sp³-hybridized carbons (Fsp3) is 0.125. The maximum Gasteiger partial charge on any atom is 0.102 e. The Morgan fingerprint density at radius 2 is 0.862 bits per heavy atom. The molecule has 5 aromatic heterocycles. The average Bonchev–Trinajstić information content (AvgIpc) is 1.62. The number of fused-ring (bicyclic) bond motifs is 6. The number of hydrogen-bond acceptors (Lipinski definition) is 7. The standard InChI is InChI=1S/C20H14N3.C19H17N2.C18H16N3.C15H12N3.3Ir.Pt/c1-2-9-18(10-3-1)23-14-20(22-15-23)17-8-6-7-16(13-17)19-11-4-5-12-21-19;1-19(2)16-7-5-4-6-14(16)15-9-8-13(10-17(15)19)18-11-21(3)12-20-18;1-18(2)15-7-5-4-6-13(15)14-9-8-12(10-16(14)18)17-19-11-21(3)20-17;1-18-11-16-15(17-18)14-9-5-8-13(10-14)12-6-3-2-4-7-12;;;;/h1-7,9-15H;4-7,9-12H,1-3H3;4-7,9-11H,1-3H3;2-8,10-11H,1H3;;;;/q4*-1;;;;. The van der Waals surface area contributed by atoms with E-state index in [9.17, 15) is 0 Å². The third-order valence-corrected chi connectivity index (χ3v) is 15.3. The van der Waals surface area contributed by atoms with Crippen LogP contribution in [-0.4, -0.2) is 53.6 Å². The zero-order valence-corrected chi connectivity index (χ0v) is 58.1. The second-order valence-electron chi connectivity index (χ2n) is 21.7. The number of nitrogens with zero attached hydrogens (tertiary/aromatic N) is 11. The van der Waals surface area contributed by atoms with Crippen molar-refractivity contribution in [2.24, 2.45) is 21.1 Å². The van der Waals surface area contributed by atoms with Crippen molar-refractivity contribution in [1.29, 1.82) is 0 Å². The van der Waals surface area contributed by atoms with Gasteiger partial charge in [0.05, 0.1) is 30.0 Å². The summed E-state index contributed by atoms with van der Waals surface area (Å²) in [4.78, 5) is 21.9. The Morgan fingerprint density at radius 3 is 1.43 bits per heavy atom. The molecule has 15 heteroatoms. The van der Waals surface area contributed by atoms with Crippen LogP contribution >= 0.6 is 0 Å². The summed E-state index contributed by atoms with van der Waals surface area (Å²) in [6.07, 6.45) is 12.9. The van der Waals surface area contributed by atoms with Crippen LogP contribution in [0, 0.1) is 24.3 Å². The van der Waals surface area contributed by atoms with Crippen LogP contribution in [0.3, 0.4) is 0 Å². The maximum atomic E-state index is 4.51. The first-order valence-corrected chi connectivity index (χ1v) is 27.5. The molecule has 0 amide bonds. The Hall–Kier alpha value is -7.75. The SMILES string of the molecule is Cn1cnc(-c2[c-]cc3c(c2)C(C)(C)c2ccccc2-3)c1.Cn1cnc(-c2[c-]cc3c(c2)C(C)(C)c2ccccc2-3)n1.Cn1cnc(-c2[c-]ccc(-c3ccccc3)c2)n1.[Ir].[Ir].[Ir].[Pt].[c-]1ccc(-c2ccccn2)cc1-c1cn(-c2ccccc2)cn1. The smallest absolute Gasteiger partial charge is 0.102 e. The van der Waals surface area contributed by atoms with Crippen molar-refractivity contribution in [3.63, 3.8) is 0 Å². The molecule has 2 aliphatic rings. The summed E-state index contributed by atoms with van der Waals surface area (Å²) >= 11 is 0. The molecule has 2 aliphatic carbocycles. The van der Waals surface area contributed by atoms with Crippen LogP contribution in [0.5, 0.6) is 0 Å². The van der Waals surface area contributed by atoms with Gasteiger partial charge in [0.15, 0.2) is 0 Å². The van der Waals surface area contributed by atoms with Gasteiger partial charge in [-0.15, -0.1) is 124 Å². The summed E-state index contributed by atoms with van der Waals surface area (Å²) in [5.41, 5.74) is 21.9. The van der Waals surface area contributed by atoms with Crippen molar-refractivity contribution >= 4 is 0 Å². The Morgan fingerprint density at radius 1 is 0.379 bits per heavy atom. The molecule has 0 aliphatic heterocycles. The van der Waals surface area contributed by atoms with Gasteiger partial charge in [-0.2, -0.15) is 0 Å². The van der Waals surface area contributed by atoms with Crippen molar-refractivity contribution in [3.8, 4) is 95.6 Å². The molecular formula is C72H59Ir3N11Pt-4. The van der Waals surface area contributed by atoms with Gasteiger partial charge in [0.2, 0.25) is 0 Å². The van der Waals surface area contributed by atoms with Gasteiger partial charge < -0.3 is 9.13 Å². The number of imidazole rings is 2. The zero-order chi connectivity index (χ0) is 57.1. The molecule has 3 radical (unpaired) electrons. The first-order valence-electron chi connectivity index (χ1n) is 27.5. The van der Waals surface area contributed by atoms with Gasteiger partial charge in [0.25, 0.3) is 0 Å². The molecule has 0 spiro atoms. The molecular weight excluding hydrogens is 1790 g/mol. The number of benzene rings is 8. The van der Waals surface area contributed by atoms with E-state index in [1.165, 1.54) is 50.1 Å². The molecule has 0 saturated carbocycles. The summed E-state index contributed by atoms with van der Waals surface area (Å²) < 4.78 is 7.39. The number of aromatic nitrogens is 11. The van der Waals surface area contributed by atoms with E-state index in [4.69, 9.17) is 0 Å². The molecule has 8 aromatic carbocycles. The first kappa shape index (κ1) is 65.2. The van der Waals surface area contributed by atoms with Crippen LogP contribution in [0.4, 0.5) is 0 Å². The molecule has 87 heavy (non-hydrogen) atoms. The number of rotatable bonds is 7. The first-order chi connectivity index (χ1) is 40.4. The maximum absolute atomic E-state index is 4.51. The third-order valence-electron chi connectivity index (χ3n) is 15.3. The van der Waals surface area contributed by atoms with Crippen molar-refractivity contribution in [1.82, 2.24) is 53.6 Å². The van der Waals surface area contributed by atoms with Crippen LogP contribution in [0.15, 0.2) is 232 Å². The molecule has 13 aromatic rings. The van der Waals surface area contributed by atoms with Crippen molar-refractivity contribution in [2.75, 3.05) is 0 Å². The topological polar surface area (TPSA) is 110 Å². The van der Waals surface area contributed by atoms with E-state index < -0.39 is 0 Å². The third kappa shape index (κ3) is 14.0. The Kier molecular flexibility index (Phi) is 21.3. The summed E-state index contributed by atoms with van der Waals surface area (Å²) in [6, 6.07) is 77.4. The molecule has 0 N–H and O–H groups in total. The van der Waals surface area contributed by atoms with Gasteiger partial charge in [0, 0.05) is 126 Å². The van der Waals surface area contributed by atoms with E-state index in [1.807, 2.05) is 134 Å². The van der Waals surface area contributed by atoms with E-state index in [0.29, 0.717) is 5.82 Å². The summed E-state index contributed by atoms with van der Waals surface area (Å²) in [6.45, 7) is 9.13. The summed E-state index contributed by atoms with van der Waals surface area (Å²) in [5, 5.41) is 8.67. The molecule has 15 rings (SSSR count). The Balaban J connectivity index is 0.000000149. The molecule has 0 fully saturated rings. The minimum absolute atomic E-state index is 0. The van der Waals surface area contributed by atoms with Crippen LogP contribution < -0.4 is 0 Å². The van der Waals surface area contributed by atoms with E-state index in [0.717, 1.165) is 62.0 Å². The normalized spacial score (nSPS) is 12.1. The fourth-order valence-corrected chi connectivity index (χ4v) is 10.9. The van der Waals surface area contributed by atoms with E-state index in [1.54, 1.807) is 28.2 Å². The largest absolute Gasteiger partial charge is 0.350 e. The minimum atomic E-state index is 0. The monoisotopic (exact) mass is 1850 g/mol. The van der Waals surface area contributed by atoms with E-state index in [2.05, 4.69) is 196 Å². The number of aryl methyl sites for hydroxylation is 3. The van der Waals surface area contributed by atoms with E-state index in [-0.39, 0.29) is 92.2 Å². The second-order valence-corrected chi connectivity index (χ2v) is 21.7. The van der Waals surface area contributed by atoms with Crippen LogP contribution in [0.2, 0.25) is 0 Å².